The van der Waals surface area contributed by atoms with Gasteiger partial charge in [0.2, 0.25) is 5.91 Å². The van der Waals surface area contributed by atoms with Gasteiger partial charge in [0, 0.05) is 27.2 Å². The van der Waals surface area contributed by atoms with Crippen molar-refractivity contribution in [1.82, 2.24) is 15.5 Å². The van der Waals surface area contributed by atoms with Crippen LogP contribution in [0.3, 0.4) is 0 Å². The molecule has 0 saturated heterocycles. The van der Waals surface area contributed by atoms with Crippen LogP contribution in [0.1, 0.15) is 25.3 Å². The first-order valence-electron chi connectivity index (χ1n) is 8.42. The summed E-state index contributed by atoms with van der Waals surface area (Å²) >= 11 is 0. The summed E-state index contributed by atoms with van der Waals surface area (Å²) in [6.45, 7) is 3.84. The molecule has 0 radical (unpaired) electrons. The molecule has 134 valence electrons. The lowest BCUT2D eigenvalue weighted by molar-refractivity contribution is -0.127. The highest BCUT2D eigenvalue weighted by Gasteiger charge is 2.05. The van der Waals surface area contributed by atoms with Gasteiger partial charge in [-0.3, -0.25) is 4.79 Å². The molecule has 24 heavy (non-hydrogen) atoms. The van der Waals surface area contributed by atoms with Gasteiger partial charge in [0.1, 0.15) is 12.3 Å². The standard InChI is InChI=1S/C18H30N4O2/c1-5-6-12-19-18(21-14-17(23)22(2)3)20-13-11-15-9-7-8-10-16(15)24-4/h7-10H,5-6,11-14H2,1-4H3,(H2,19,20,21). The van der Waals surface area contributed by atoms with Gasteiger partial charge in [-0.2, -0.15) is 0 Å². The lowest BCUT2D eigenvalue weighted by Crippen LogP contribution is -2.40. The van der Waals surface area contributed by atoms with Gasteiger partial charge < -0.3 is 20.3 Å². The third kappa shape index (κ3) is 7.35. The van der Waals surface area contributed by atoms with Gasteiger partial charge in [-0.1, -0.05) is 31.5 Å². The summed E-state index contributed by atoms with van der Waals surface area (Å²) in [7, 11) is 5.15. The van der Waals surface area contributed by atoms with Crippen molar-refractivity contribution in [3.05, 3.63) is 29.8 Å². The van der Waals surface area contributed by atoms with Crippen molar-refractivity contribution in [2.24, 2.45) is 4.99 Å². The molecule has 1 amide bonds. The Labute approximate surface area is 145 Å². The normalized spacial score (nSPS) is 11.1. The zero-order valence-corrected chi connectivity index (χ0v) is 15.3. The first-order chi connectivity index (χ1) is 11.6. The number of unbranched alkanes of at least 4 members (excludes halogenated alkanes) is 1. The lowest BCUT2D eigenvalue weighted by atomic mass is 10.1. The minimum absolute atomic E-state index is 0.0173. The monoisotopic (exact) mass is 334 g/mol. The number of para-hydroxylation sites is 1. The second-order valence-corrected chi connectivity index (χ2v) is 5.72. The van der Waals surface area contributed by atoms with Gasteiger partial charge in [-0.05, 0) is 24.5 Å². The van der Waals surface area contributed by atoms with Crippen molar-refractivity contribution >= 4 is 11.9 Å². The van der Waals surface area contributed by atoms with E-state index in [4.69, 9.17) is 4.74 Å². The molecule has 0 aliphatic carbocycles. The maximum absolute atomic E-state index is 11.7. The number of rotatable bonds is 9. The van der Waals surface area contributed by atoms with Gasteiger partial charge in [0.25, 0.3) is 0 Å². The second-order valence-electron chi connectivity index (χ2n) is 5.72. The number of nitrogens with zero attached hydrogens (tertiary/aromatic N) is 2. The van der Waals surface area contributed by atoms with Gasteiger partial charge in [-0.25, -0.2) is 4.99 Å². The van der Waals surface area contributed by atoms with Crippen LogP contribution in [0.2, 0.25) is 0 Å². The average molecular weight is 334 g/mol. The lowest BCUT2D eigenvalue weighted by Gasteiger charge is -2.14. The van der Waals surface area contributed by atoms with E-state index in [9.17, 15) is 4.79 Å². The summed E-state index contributed by atoms with van der Waals surface area (Å²) in [6.07, 6.45) is 2.99. The highest BCUT2D eigenvalue weighted by Crippen LogP contribution is 2.17. The summed E-state index contributed by atoms with van der Waals surface area (Å²) in [5, 5.41) is 6.55. The molecule has 0 aliphatic rings. The minimum atomic E-state index is -0.0173. The van der Waals surface area contributed by atoms with E-state index in [-0.39, 0.29) is 12.5 Å². The van der Waals surface area contributed by atoms with Crippen LogP contribution in [0.4, 0.5) is 0 Å². The average Bonchev–Trinajstić information content (AvgIpc) is 2.59. The number of ether oxygens (including phenoxy) is 1. The molecule has 1 aromatic rings. The topological polar surface area (TPSA) is 66.0 Å². The highest BCUT2D eigenvalue weighted by molar-refractivity contribution is 5.84. The number of carbonyl (C=O) groups is 1. The quantitative estimate of drug-likeness (QED) is 0.409. The predicted molar refractivity (Wildman–Crippen MR) is 98.6 cm³/mol. The predicted octanol–water partition coefficient (Wildman–Crippen LogP) is 1.66. The Morgan fingerprint density at radius 2 is 1.92 bits per heavy atom. The first-order valence-corrected chi connectivity index (χ1v) is 8.42. The fourth-order valence-corrected chi connectivity index (χ4v) is 2.07. The second kappa shape index (κ2) is 11.3. The molecule has 0 unspecified atom stereocenters. The third-order valence-corrected chi connectivity index (χ3v) is 3.57. The summed E-state index contributed by atoms with van der Waals surface area (Å²) in [5.41, 5.74) is 1.14. The number of likely N-dealkylation sites (N-methyl/N-ethyl adjacent to an activating group) is 1. The smallest absolute Gasteiger partial charge is 0.243 e. The number of nitrogens with one attached hydrogen (secondary N) is 2. The molecule has 0 spiro atoms. The Kier molecular flexibility index (Phi) is 9.34. The Balaban J connectivity index is 2.57. The molecule has 1 aromatic carbocycles. The summed E-state index contributed by atoms with van der Waals surface area (Å²) in [6, 6.07) is 7.97. The number of benzene rings is 1. The van der Waals surface area contributed by atoms with Crippen LogP contribution >= 0.6 is 0 Å². The fourth-order valence-electron chi connectivity index (χ4n) is 2.07. The molecule has 2 N–H and O–H groups in total. The molecule has 6 nitrogen and oxygen atoms in total. The molecule has 0 heterocycles. The molecule has 1 rings (SSSR count). The van der Waals surface area contributed by atoms with Gasteiger partial charge >= 0.3 is 0 Å². The SMILES string of the molecule is CCCCNC(=NCC(=O)N(C)C)NCCc1ccccc1OC. The fraction of sp³-hybridized carbons (Fsp3) is 0.556. The van der Waals surface area contributed by atoms with E-state index in [1.165, 1.54) is 0 Å². The number of guanidine groups is 1. The molecular weight excluding hydrogens is 304 g/mol. The molecule has 0 bridgehead atoms. The van der Waals surface area contributed by atoms with Crippen LogP contribution in [-0.2, 0) is 11.2 Å². The maximum atomic E-state index is 11.7. The Morgan fingerprint density at radius 3 is 2.58 bits per heavy atom. The summed E-state index contributed by atoms with van der Waals surface area (Å²) in [4.78, 5) is 17.6. The number of hydrogen-bond acceptors (Lipinski definition) is 3. The van der Waals surface area contributed by atoms with Crippen LogP contribution in [0.25, 0.3) is 0 Å². The number of hydrogen-bond donors (Lipinski definition) is 2. The number of amides is 1. The molecule has 0 saturated carbocycles. The molecule has 0 atom stereocenters. The number of methoxy groups -OCH3 is 1. The molecule has 0 fully saturated rings. The van der Waals surface area contributed by atoms with E-state index in [1.807, 2.05) is 18.2 Å². The Hall–Kier alpha value is -2.24. The van der Waals surface area contributed by atoms with Crippen molar-refractivity contribution in [3.8, 4) is 5.75 Å². The van der Waals surface area contributed by atoms with Crippen LogP contribution < -0.4 is 15.4 Å². The molecule has 0 aromatic heterocycles. The zero-order chi connectivity index (χ0) is 17.8. The maximum Gasteiger partial charge on any atom is 0.243 e. The van der Waals surface area contributed by atoms with E-state index >= 15 is 0 Å². The Morgan fingerprint density at radius 1 is 1.21 bits per heavy atom. The first kappa shape index (κ1) is 19.8. The third-order valence-electron chi connectivity index (χ3n) is 3.57. The molecule has 6 heteroatoms. The van der Waals surface area contributed by atoms with E-state index in [1.54, 1.807) is 26.1 Å². The van der Waals surface area contributed by atoms with Crippen molar-refractivity contribution in [2.75, 3.05) is 40.8 Å². The van der Waals surface area contributed by atoms with E-state index < -0.39 is 0 Å². The van der Waals surface area contributed by atoms with Crippen LogP contribution in [0, 0.1) is 0 Å². The number of aliphatic imine (C=N–C) groups is 1. The van der Waals surface area contributed by atoms with E-state index in [0.29, 0.717) is 12.5 Å². The van der Waals surface area contributed by atoms with Crippen molar-refractivity contribution < 1.29 is 9.53 Å². The minimum Gasteiger partial charge on any atom is -0.496 e. The van der Waals surface area contributed by atoms with Crippen LogP contribution in [0.15, 0.2) is 29.3 Å². The molecule has 0 aliphatic heterocycles. The van der Waals surface area contributed by atoms with Gasteiger partial charge in [-0.15, -0.1) is 0 Å². The van der Waals surface area contributed by atoms with Crippen molar-refractivity contribution in [1.29, 1.82) is 0 Å². The van der Waals surface area contributed by atoms with E-state index in [0.717, 1.165) is 37.1 Å². The number of carbonyl (C=O) groups excluding carboxylic acids is 1. The van der Waals surface area contributed by atoms with E-state index in [2.05, 4.69) is 28.6 Å². The summed E-state index contributed by atoms with van der Waals surface area (Å²) in [5.74, 6) is 1.55. The van der Waals surface area contributed by atoms with Gasteiger partial charge in [0.05, 0.1) is 7.11 Å². The van der Waals surface area contributed by atoms with Crippen molar-refractivity contribution in [3.63, 3.8) is 0 Å². The van der Waals surface area contributed by atoms with Crippen LogP contribution in [0.5, 0.6) is 5.75 Å². The van der Waals surface area contributed by atoms with Crippen molar-refractivity contribution in [2.45, 2.75) is 26.2 Å². The Bertz CT molecular complexity index is 530. The zero-order valence-electron chi connectivity index (χ0n) is 15.3. The van der Waals surface area contributed by atoms with Gasteiger partial charge in [0.15, 0.2) is 5.96 Å². The summed E-state index contributed by atoms with van der Waals surface area (Å²) < 4.78 is 5.36. The largest absolute Gasteiger partial charge is 0.496 e. The molecular formula is C18H30N4O2. The van der Waals surface area contributed by atoms with Crippen LogP contribution in [-0.4, -0.2) is 57.6 Å². The highest BCUT2D eigenvalue weighted by atomic mass is 16.5.